The van der Waals surface area contributed by atoms with Crippen LogP contribution in [0, 0.1) is 0 Å². The molecule has 3 rings (SSSR count). The molecule has 0 aromatic heterocycles. The second-order valence-electron chi connectivity index (χ2n) is 8.03. The lowest BCUT2D eigenvalue weighted by Crippen LogP contribution is -2.63. The summed E-state index contributed by atoms with van der Waals surface area (Å²) < 4.78 is 27.8. The van der Waals surface area contributed by atoms with Crippen molar-refractivity contribution in [1.29, 1.82) is 0 Å². The molecule has 0 aromatic carbocycles. The summed E-state index contributed by atoms with van der Waals surface area (Å²) in [6.45, 7) is 0.526. The van der Waals surface area contributed by atoms with Gasteiger partial charge in [-0.25, -0.2) is 0 Å². The first-order valence-corrected chi connectivity index (χ1v) is 10.2. The first-order chi connectivity index (χ1) is 14.7. The molecule has 0 bridgehead atoms. The van der Waals surface area contributed by atoms with Gasteiger partial charge in [-0.1, -0.05) is 0 Å². The second-order valence-corrected chi connectivity index (χ2v) is 8.03. The fourth-order valence-electron chi connectivity index (χ4n) is 3.94. The fourth-order valence-corrected chi connectivity index (χ4v) is 3.94. The molecular weight excluding hydrogens is 424 g/mol. The minimum Gasteiger partial charge on any atom is -0.394 e. The van der Waals surface area contributed by atoms with Crippen LogP contribution in [0.1, 0.15) is 13.3 Å². The SMILES string of the molecule is CC1OC(OC2C(CO)OCCC2OC2OC(CO)C(O)C(O)C2O)C(O)C(O)C1O. The molecule has 0 amide bonds. The second kappa shape index (κ2) is 10.6. The molecule has 13 heteroatoms. The third-order valence-corrected chi connectivity index (χ3v) is 5.90. The lowest BCUT2D eigenvalue weighted by Gasteiger charge is -2.46. The zero-order chi connectivity index (χ0) is 22.9. The summed E-state index contributed by atoms with van der Waals surface area (Å²) in [4.78, 5) is 0. The van der Waals surface area contributed by atoms with Crippen LogP contribution in [0.15, 0.2) is 0 Å². The van der Waals surface area contributed by atoms with Crippen LogP contribution in [-0.2, 0) is 23.7 Å². The zero-order valence-corrected chi connectivity index (χ0v) is 17.0. The monoisotopic (exact) mass is 456 g/mol. The standard InChI is InChI=1S/C18H32O13/c1-6-10(21)12(23)14(25)17(28-6)31-16-7(2-3-27-9(16)5-20)29-18-15(26)13(24)11(22)8(4-19)30-18/h6-26H,2-5H2,1H3. The van der Waals surface area contributed by atoms with E-state index in [-0.39, 0.29) is 13.0 Å². The highest BCUT2D eigenvalue weighted by molar-refractivity contribution is 4.93. The van der Waals surface area contributed by atoms with E-state index in [9.17, 15) is 40.9 Å². The maximum absolute atomic E-state index is 10.2. The predicted octanol–water partition coefficient (Wildman–Crippen LogP) is -4.83. The van der Waals surface area contributed by atoms with Crippen LogP contribution in [-0.4, -0.2) is 140 Å². The van der Waals surface area contributed by atoms with Crippen LogP contribution in [0.5, 0.6) is 0 Å². The molecule has 3 aliphatic heterocycles. The van der Waals surface area contributed by atoms with Crippen molar-refractivity contribution >= 4 is 0 Å². The molecule has 0 saturated carbocycles. The molecule has 3 saturated heterocycles. The Morgan fingerprint density at radius 3 is 1.90 bits per heavy atom. The average molecular weight is 456 g/mol. The minimum absolute atomic E-state index is 0.152. The Hall–Kier alpha value is -0.520. The molecule has 3 heterocycles. The highest BCUT2D eigenvalue weighted by atomic mass is 16.7. The largest absolute Gasteiger partial charge is 0.394 e. The molecule has 182 valence electrons. The number of aliphatic hydroxyl groups excluding tert-OH is 8. The van der Waals surface area contributed by atoms with Crippen molar-refractivity contribution < 1.29 is 64.5 Å². The van der Waals surface area contributed by atoms with E-state index >= 15 is 0 Å². The van der Waals surface area contributed by atoms with E-state index in [4.69, 9.17) is 23.7 Å². The third kappa shape index (κ3) is 5.19. The van der Waals surface area contributed by atoms with Crippen molar-refractivity contribution in [2.45, 2.75) is 93.1 Å². The van der Waals surface area contributed by atoms with Crippen LogP contribution >= 0.6 is 0 Å². The lowest BCUT2D eigenvalue weighted by atomic mass is 9.97. The number of aliphatic hydroxyl groups is 8. The van der Waals surface area contributed by atoms with Gasteiger partial charge in [0.15, 0.2) is 12.6 Å². The van der Waals surface area contributed by atoms with Crippen molar-refractivity contribution in [2.24, 2.45) is 0 Å². The molecule has 31 heavy (non-hydrogen) atoms. The van der Waals surface area contributed by atoms with Crippen molar-refractivity contribution in [3.63, 3.8) is 0 Å². The Morgan fingerprint density at radius 1 is 0.710 bits per heavy atom. The quantitative estimate of drug-likeness (QED) is 0.189. The van der Waals surface area contributed by atoms with Gasteiger partial charge in [-0.15, -0.1) is 0 Å². The fraction of sp³-hybridized carbons (Fsp3) is 1.00. The summed E-state index contributed by atoms with van der Waals surface area (Å²) >= 11 is 0. The van der Waals surface area contributed by atoms with Crippen molar-refractivity contribution in [2.75, 3.05) is 19.8 Å². The highest BCUT2D eigenvalue weighted by Crippen LogP contribution is 2.31. The van der Waals surface area contributed by atoms with Crippen molar-refractivity contribution in [3.8, 4) is 0 Å². The van der Waals surface area contributed by atoms with E-state index in [1.54, 1.807) is 0 Å². The average Bonchev–Trinajstić information content (AvgIpc) is 2.77. The summed E-state index contributed by atoms with van der Waals surface area (Å²) in [5, 5.41) is 79.2. The molecule has 0 spiro atoms. The van der Waals surface area contributed by atoms with Gasteiger partial charge < -0.3 is 64.5 Å². The van der Waals surface area contributed by atoms with Crippen LogP contribution < -0.4 is 0 Å². The normalized spacial score (nSPS) is 51.6. The molecule has 13 nitrogen and oxygen atoms in total. The summed E-state index contributed by atoms with van der Waals surface area (Å²) in [6, 6.07) is 0. The predicted molar refractivity (Wildman–Crippen MR) is 97.3 cm³/mol. The van der Waals surface area contributed by atoms with Gasteiger partial charge in [0, 0.05) is 6.61 Å². The highest BCUT2D eigenvalue weighted by Gasteiger charge is 2.49. The van der Waals surface area contributed by atoms with Crippen LogP contribution in [0.4, 0.5) is 0 Å². The van der Waals surface area contributed by atoms with Crippen LogP contribution in [0.2, 0.25) is 0 Å². The Morgan fingerprint density at radius 2 is 1.29 bits per heavy atom. The van der Waals surface area contributed by atoms with Crippen LogP contribution in [0.3, 0.4) is 0 Å². The van der Waals surface area contributed by atoms with Gasteiger partial charge in [-0.2, -0.15) is 0 Å². The summed E-state index contributed by atoms with van der Waals surface area (Å²) in [7, 11) is 0. The molecule has 3 fully saturated rings. The van der Waals surface area contributed by atoms with Gasteiger partial charge in [0.2, 0.25) is 0 Å². The first kappa shape index (κ1) is 25.1. The Labute approximate surface area is 178 Å². The molecule has 0 radical (unpaired) electrons. The smallest absolute Gasteiger partial charge is 0.187 e. The van der Waals surface area contributed by atoms with E-state index in [0.29, 0.717) is 0 Å². The molecule has 3 aliphatic rings. The number of hydrogen-bond acceptors (Lipinski definition) is 13. The number of hydrogen-bond donors (Lipinski definition) is 8. The molecule has 13 atom stereocenters. The molecule has 0 aromatic rings. The van der Waals surface area contributed by atoms with Crippen LogP contribution in [0.25, 0.3) is 0 Å². The van der Waals surface area contributed by atoms with Gasteiger partial charge in [0.1, 0.15) is 54.9 Å². The van der Waals surface area contributed by atoms with E-state index < -0.39 is 92.9 Å². The summed E-state index contributed by atoms with van der Waals surface area (Å²) in [6.07, 6.45) is -16.8. The van der Waals surface area contributed by atoms with Crippen molar-refractivity contribution in [3.05, 3.63) is 0 Å². The Balaban J connectivity index is 1.74. The Kier molecular flexibility index (Phi) is 8.59. The molecule has 13 unspecified atom stereocenters. The maximum Gasteiger partial charge on any atom is 0.187 e. The van der Waals surface area contributed by atoms with E-state index in [1.165, 1.54) is 6.92 Å². The third-order valence-electron chi connectivity index (χ3n) is 5.90. The lowest BCUT2D eigenvalue weighted by molar-refractivity contribution is -0.353. The first-order valence-electron chi connectivity index (χ1n) is 10.2. The van der Waals surface area contributed by atoms with E-state index in [0.717, 1.165) is 0 Å². The summed E-state index contributed by atoms with van der Waals surface area (Å²) in [5.74, 6) is 0. The topological polar surface area (TPSA) is 208 Å². The van der Waals surface area contributed by atoms with Gasteiger partial charge in [-0.05, 0) is 13.3 Å². The maximum atomic E-state index is 10.2. The molecule has 8 N–H and O–H groups in total. The molecule has 0 aliphatic carbocycles. The van der Waals surface area contributed by atoms with Crippen molar-refractivity contribution in [1.82, 2.24) is 0 Å². The van der Waals surface area contributed by atoms with Gasteiger partial charge >= 0.3 is 0 Å². The van der Waals surface area contributed by atoms with E-state index in [2.05, 4.69) is 0 Å². The summed E-state index contributed by atoms with van der Waals surface area (Å²) in [5.41, 5.74) is 0. The Bertz CT molecular complexity index is 565. The van der Waals surface area contributed by atoms with Gasteiger partial charge in [-0.3, -0.25) is 0 Å². The van der Waals surface area contributed by atoms with E-state index in [1.807, 2.05) is 0 Å². The number of ether oxygens (including phenoxy) is 5. The minimum atomic E-state index is -1.64. The zero-order valence-electron chi connectivity index (χ0n) is 17.0. The van der Waals surface area contributed by atoms with Gasteiger partial charge in [0.05, 0.1) is 25.4 Å². The number of rotatable bonds is 6. The van der Waals surface area contributed by atoms with Gasteiger partial charge in [0.25, 0.3) is 0 Å². The molecular formula is C18H32O13.